The molecular weight excluding hydrogens is 298 g/mol. The van der Waals surface area contributed by atoms with Crippen molar-refractivity contribution < 1.29 is 19.5 Å². The molecule has 0 aliphatic carbocycles. The number of rotatable bonds is 5. The summed E-state index contributed by atoms with van der Waals surface area (Å²) in [5.74, 6) is -2.08. The third-order valence-corrected chi connectivity index (χ3v) is 2.91. The van der Waals surface area contributed by atoms with Gasteiger partial charge in [-0.1, -0.05) is 18.2 Å². The maximum Gasteiger partial charge on any atom is 0.322 e. The first-order valence-electron chi connectivity index (χ1n) is 6.72. The highest BCUT2D eigenvalue weighted by Crippen LogP contribution is 2.17. The zero-order chi connectivity index (χ0) is 16.8. The second-order valence-electron chi connectivity index (χ2n) is 4.74. The van der Waals surface area contributed by atoms with Crippen molar-refractivity contribution in [2.24, 2.45) is 0 Å². The number of benzene rings is 2. The number of hydrogen-bond donors (Lipinski definition) is 4. The average molecular weight is 313 g/mol. The van der Waals surface area contributed by atoms with Crippen molar-refractivity contribution in [3.63, 3.8) is 0 Å². The van der Waals surface area contributed by atoms with E-state index in [9.17, 15) is 14.4 Å². The van der Waals surface area contributed by atoms with Crippen molar-refractivity contribution in [1.29, 1.82) is 0 Å². The molecule has 23 heavy (non-hydrogen) atoms. The largest absolute Gasteiger partial charge is 0.480 e. The molecule has 0 atom stereocenters. The molecule has 0 radical (unpaired) electrons. The van der Waals surface area contributed by atoms with Crippen LogP contribution < -0.4 is 16.4 Å². The van der Waals surface area contributed by atoms with Gasteiger partial charge < -0.3 is 21.5 Å². The van der Waals surface area contributed by atoms with Gasteiger partial charge in [-0.25, -0.2) is 0 Å². The number of carbonyl (C=O) groups is 3. The Labute approximate surface area is 132 Å². The zero-order valence-corrected chi connectivity index (χ0v) is 12.1. The minimum absolute atomic E-state index is 0.162. The van der Waals surface area contributed by atoms with E-state index in [0.717, 1.165) is 0 Å². The van der Waals surface area contributed by atoms with Gasteiger partial charge in [0, 0.05) is 22.5 Å². The van der Waals surface area contributed by atoms with E-state index >= 15 is 0 Å². The quantitative estimate of drug-likeness (QED) is 0.620. The third-order valence-electron chi connectivity index (χ3n) is 2.91. The van der Waals surface area contributed by atoms with Crippen LogP contribution in [0.4, 0.5) is 11.4 Å². The highest BCUT2D eigenvalue weighted by Gasteiger charge is 2.11. The second kappa shape index (κ2) is 7.08. The first-order valence-corrected chi connectivity index (χ1v) is 6.72. The van der Waals surface area contributed by atoms with Gasteiger partial charge in [0.1, 0.15) is 6.54 Å². The molecule has 0 bridgehead atoms. The number of nitrogens with one attached hydrogen (secondary N) is 2. The highest BCUT2D eigenvalue weighted by atomic mass is 16.4. The molecule has 2 aromatic rings. The summed E-state index contributed by atoms with van der Waals surface area (Å²) in [5, 5.41) is 13.4. The van der Waals surface area contributed by atoms with Gasteiger partial charge in [0.05, 0.1) is 0 Å². The summed E-state index contributed by atoms with van der Waals surface area (Å²) >= 11 is 0. The summed E-state index contributed by atoms with van der Waals surface area (Å²) < 4.78 is 0. The second-order valence-corrected chi connectivity index (χ2v) is 4.74. The molecule has 5 N–H and O–H groups in total. The van der Waals surface area contributed by atoms with Gasteiger partial charge >= 0.3 is 5.97 Å². The van der Waals surface area contributed by atoms with Crippen molar-refractivity contribution >= 4 is 29.2 Å². The van der Waals surface area contributed by atoms with Gasteiger partial charge in [-0.2, -0.15) is 0 Å². The number of carbonyl (C=O) groups excluding carboxylic acids is 2. The predicted octanol–water partition coefficient (Wildman–Crippen LogP) is 1.34. The number of nitrogen functional groups attached to an aromatic ring is 1. The molecule has 0 aliphatic rings. The Bertz CT molecular complexity index is 744. The van der Waals surface area contributed by atoms with Crippen molar-refractivity contribution in [2.45, 2.75) is 0 Å². The lowest BCUT2D eigenvalue weighted by molar-refractivity contribution is -0.135. The highest BCUT2D eigenvalue weighted by molar-refractivity contribution is 6.05. The Kier molecular flexibility index (Phi) is 4.93. The summed E-state index contributed by atoms with van der Waals surface area (Å²) in [5.41, 5.74) is 6.97. The molecule has 118 valence electrons. The van der Waals surface area contributed by atoms with Gasteiger partial charge in [-0.15, -0.1) is 0 Å². The number of hydrogen-bond acceptors (Lipinski definition) is 4. The summed E-state index contributed by atoms with van der Waals surface area (Å²) in [6, 6.07) is 12.9. The van der Waals surface area contributed by atoms with E-state index in [1.807, 2.05) is 0 Å². The number of carboxylic acid groups (broad SMARTS) is 1. The first kappa shape index (κ1) is 16.0. The fraction of sp³-hybridized carbons (Fsp3) is 0.0625. The van der Waals surface area contributed by atoms with Gasteiger partial charge in [0.15, 0.2) is 0 Å². The number of amides is 2. The molecule has 2 rings (SSSR count). The summed E-state index contributed by atoms with van der Waals surface area (Å²) in [7, 11) is 0. The third kappa shape index (κ3) is 4.57. The van der Waals surface area contributed by atoms with E-state index < -0.39 is 18.4 Å². The minimum atomic E-state index is -1.15. The van der Waals surface area contributed by atoms with E-state index in [1.165, 1.54) is 18.2 Å². The predicted molar refractivity (Wildman–Crippen MR) is 85.2 cm³/mol. The molecule has 0 aromatic heterocycles. The normalized spacial score (nSPS) is 9.91. The Morgan fingerprint density at radius 2 is 1.65 bits per heavy atom. The maximum atomic E-state index is 12.1. The number of nitrogens with two attached hydrogens (primary N) is 1. The maximum absolute atomic E-state index is 12.1. The van der Waals surface area contributed by atoms with Crippen molar-refractivity contribution in [2.75, 3.05) is 17.6 Å². The summed E-state index contributed by atoms with van der Waals surface area (Å²) in [6.45, 7) is -0.501. The van der Waals surface area contributed by atoms with E-state index in [4.69, 9.17) is 10.8 Å². The SMILES string of the molecule is Nc1cc(NC(=O)c2ccccc2)cc(C(=O)NCC(=O)O)c1. The summed E-state index contributed by atoms with van der Waals surface area (Å²) in [6.07, 6.45) is 0. The Morgan fingerprint density at radius 1 is 0.957 bits per heavy atom. The van der Waals surface area contributed by atoms with Crippen LogP contribution in [0.2, 0.25) is 0 Å². The topological polar surface area (TPSA) is 122 Å². The monoisotopic (exact) mass is 313 g/mol. The molecule has 0 aliphatic heterocycles. The van der Waals surface area contributed by atoms with Crippen molar-refractivity contribution in [3.8, 4) is 0 Å². The van der Waals surface area contributed by atoms with E-state index in [1.54, 1.807) is 30.3 Å². The van der Waals surface area contributed by atoms with Crippen molar-refractivity contribution in [3.05, 3.63) is 59.7 Å². The van der Waals surface area contributed by atoms with Gasteiger partial charge in [0.25, 0.3) is 11.8 Å². The van der Waals surface area contributed by atoms with Crippen LogP contribution in [0.15, 0.2) is 48.5 Å². The molecule has 2 aromatic carbocycles. The smallest absolute Gasteiger partial charge is 0.322 e. The van der Waals surface area contributed by atoms with Crippen LogP contribution in [0.25, 0.3) is 0 Å². The molecule has 0 saturated heterocycles. The van der Waals surface area contributed by atoms with Gasteiger partial charge in [0.2, 0.25) is 0 Å². The Balaban J connectivity index is 2.15. The number of aliphatic carboxylic acids is 1. The van der Waals surface area contributed by atoms with Crippen LogP contribution in [-0.4, -0.2) is 29.4 Å². The fourth-order valence-electron chi connectivity index (χ4n) is 1.91. The lowest BCUT2D eigenvalue weighted by Gasteiger charge is -2.09. The van der Waals surface area contributed by atoms with Gasteiger partial charge in [-0.3, -0.25) is 14.4 Å². The molecule has 0 spiro atoms. The van der Waals surface area contributed by atoms with Crippen LogP contribution >= 0.6 is 0 Å². The Hall–Kier alpha value is -3.35. The van der Waals surface area contributed by atoms with Crippen molar-refractivity contribution in [1.82, 2.24) is 5.32 Å². The standard InChI is InChI=1S/C16H15N3O4/c17-12-6-11(15(22)18-9-14(20)21)7-13(8-12)19-16(23)10-4-2-1-3-5-10/h1-8H,9,17H2,(H,18,22)(H,19,23)(H,20,21). The van der Waals surface area contributed by atoms with Crippen LogP contribution in [0.3, 0.4) is 0 Å². The molecule has 7 nitrogen and oxygen atoms in total. The summed E-state index contributed by atoms with van der Waals surface area (Å²) in [4.78, 5) is 34.4. The molecule has 7 heteroatoms. The molecular formula is C16H15N3O4. The lowest BCUT2D eigenvalue weighted by Crippen LogP contribution is -2.29. The van der Waals surface area contributed by atoms with Crippen LogP contribution in [0.5, 0.6) is 0 Å². The molecule has 0 unspecified atom stereocenters. The average Bonchev–Trinajstić information content (AvgIpc) is 2.52. The van der Waals surface area contributed by atoms with Crippen LogP contribution in [0.1, 0.15) is 20.7 Å². The number of carboxylic acids is 1. The van der Waals surface area contributed by atoms with Crippen LogP contribution in [-0.2, 0) is 4.79 Å². The molecule has 2 amide bonds. The molecule has 0 heterocycles. The lowest BCUT2D eigenvalue weighted by atomic mass is 10.1. The van der Waals surface area contributed by atoms with E-state index in [0.29, 0.717) is 11.3 Å². The number of anilines is 2. The van der Waals surface area contributed by atoms with Crippen LogP contribution in [0, 0.1) is 0 Å². The first-order chi connectivity index (χ1) is 11.0. The van der Waals surface area contributed by atoms with Gasteiger partial charge in [-0.05, 0) is 30.3 Å². The minimum Gasteiger partial charge on any atom is -0.480 e. The molecule has 0 saturated carbocycles. The Morgan fingerprint density at radius 3 is 2.30 bits per heavy atom. The fourth-order valence-corrected chi connectivity index (χ4v) is 1.91. The van der Waals surface area contributed by atoms with E-state index in [2.05, 4.69) is 10.6 Å². The molecule has 0 fully saturated rings. The zero-order valence-electron chi connectivity index (χ0n) is 12.1. The van der Waals surface area contributed by atoms with E-state index in [-0.39, 0.29) is 17.2 Å².